The van der Waals surface area contributed by atoms with Gasteiger partial charge >= 0.3 is 5.97 Å². The quantitative estimate of drug-likeness (QED) is 0.680. The maximum atomic E-state index is 12.0. The third-order valence-electron chi connectivity index (χ3n) is 2.78. The highest BCUT2D eigenvalue weighted by atomic mass is 16.5. The Hall–Kier alpha value is -2.24. The van der Waals surface area contributed by atoms with E-state index in [9.17, 15) is 9.59 Å². The summed E-state index contributed by atoms with van der Waals surface area (Å²) in [6, 6.07) is 7.13. The standard InChI is InChI=1S/C15H21NO5/c1-4-16(10-15(18)19-3)14(17)11-21-13-9-7-6-8-12(13)20-5-2/h6-9H,4-5,10-11H2,1-3H3. The first kappa shape index (κ1) is 16.8. The van der Waals surface area contributed by atoms with E-state index in [2.05, 4.69) is 4.74 Å². The predicted octanol–water partition coefficient (Wildman–Crippen LogP) is 1.49. The van der Waals surface area contributed by atoms with Crippen LogP contribution < -0.4 is 9.47 Å². The Bertz CT molecular complexity index is 475. The van der Waals surface area contributed by atoms with Gasteiger partial charge in [0.2, 0.25) is 0 Å². The number of ether oxygens (including phenoxy) is 3. The molecule has 0 unspecified atom stereocenters. The number of esters is 1. The first-order chi connectivity index (χ1) is 10.1. The molecule has 0 saturated heterocycles. The molecule has 116 valence electrons. The lowest BCUT2D eigenvalue weighted by Gasteiger charge is -2.20. The molecular formula is C15H21NO5. The van der Waals surface area contributed by atoms with E-state index < -0.39 is 5.97 Å². The predicted molar refractivity (Wildman–Crippen MR) is 77.4 cm³/mol. The van der Waals surface area contributed by atoms with E-state index >= 15 is 0 Å². The molecule has 0 heterocycles. The molecule has 0 aromatic heterocycles. The molecule has 0 saturated carbocycles. The normalized spacial score (nSPS) is 9.86. The Labute approximate surface area is 124 Å². The van der Waals surface area contributed by atoms with E-state index in [4.69, 9.17) is 9.47 Å². The van der Waals surface area contributed by atoms with Crippen molar-refractivity contribution in [1.29, 1.82) is 0 Å². The number of para-hydroxylation sites is 2. The van der Waals surface area contributed by atoms with Crippen molar-refractivity contribution in [2.45, 2.75) is 13.8 Å². The summed E-state index contributed by atoms with van der Waals surface area (Å²) in [5, 5.41) is 0. The average molecular weight is 295 g/mol. The Morgan fingerprint density at radius 2 is 1.71 bits per heavy atom. The van der Waals surface area contributed by atoms with Crippen molar-refractivity contribution in [3.05, 3.63) is 24.3 Å². The highest BCUT2D eigenvalue weighted by molar-refractivity contribution is 5.83. The van der Waals surface area contributed by atoms with Gasteiger partial charge in [-0.2, -0.15) is 0 Å². The lowest BCUT2D eigenvalue weighted by Crippen LogP contribution is -2.38. The monoisotopic (exact) mass is 295 g/mol. The van der Waals surface area contributed by atoms with E-state index in [-0.39, 0.29) is 19.1 Å². The van der Waals surface area contributed by atoms with E-state index in [0.29, 0.717) is 24.7 Å². The number of likely N-dealkylation sites (N-methyl/N-ethyl adjacent to an activating group) is 1. The van der Waals surface area contributed by atoms with Crippen LogP contribution in [0.25, 0.3) is 0 Å². The lowest BCUT2D eigenvalue weighted by atomic mass is 10.3. The molecule has 0 radical (unpaired) electrons. The molecule has 1 amide bonds. The summed E-state index contributed by atoms with van der Waals surface area (Å²) in [6.45, 7) is 4.34. The van der Waals surface area contributed by atoms with Gasteiger partial charge in [-0.25, -0.2) is 0 Å². The van der Waals surface area contributed by atoms with Gasteiger partial charge in [0.1, 0.15) is 6.54 Å². The van der Waals surface area contributed by atoms with Crippen LogP contribution in [0.15, 0.2) is 24.3 Å². The summed E-state index contributed by atoms with van der Waals surface area (Å²) in [5.74, 6) is 0.347. The zero-order valence-corrected chi connectivity index (χ0v) is 12.6. The molecule has 1 aromatic rings. The first-order valence-electron chi connectivity index (χ1n) is 6.81. The molecule has 0 aliphatic carbocycles. The summed E-state index contributed by atoms with van der Waals surface area (Å²) in [6.07, 6.45) is 0. The van der Waals surface area contributed by atoms with Gasteiger partial charge in [-0.15, -0.1) is 0 Å². The fourth-order valence-electron chi connectivity index (χ4n) is 1.67. The minimum absolute atomic E-state index is 0.0811. The van der Waals surface area contributed by atoms with Crippen LogP contribution in [-0.2, 0) is 14.3 Å². The second kappa shape index (κ2) is 8.84. The van der Waals surface area contributed by atoms with E-state index in [1.54, 1.807) is 25.1 Å². The second-order valence-corrected chi connectivity index (χ2v) is 4.15. The van der Waals surface area contributed by atoms with E-state index in [1.165, 1.54) is 12.0 Å². The molecule has 0 spiro atoms. The minimum Gasteiger partial charge on any atom is -0.490 e. The molecule has 21 heavy (non-hydrogen) atoms. The molecule has 6 heteroatoms. The van der Waals surface area contributed by atoms with Crippen LogP contribution in [0.2, 0.25) is 0 Å². The van der Waals surface area contributed by atoms with Crippen molar-refractivity contribution in [3.8, 4) is 11.5 Å². The average Bonchev–Trinajstić information content (AvgIpc) is 2.51. The van der Waals surface area contributed by atoms with Gasteiger partial charge in [0.05, 0.1) is 13.7 Å². The van der Waals surface area contributed by atoms with Gasteiger partial charge in [-0.1, -0.05) is 12.1 Å². The van der Waals surface area contributed by atoms with Crippen LogP contribution in [-0.4, -0.2) is 50.2 Å². The van der Waals surface area contributed by atoms with Crippen molar-refractivity contribution in [2.75, 3.05) is 33.4 Å². The molecular weight excluding hydrogens is 274 g/mol. The van der Waals surface area contributed by atoms with Crippen molar-refractivity contribution in [1.82, 2.24) is 4.90 Å². The lowest BCUT2D eigenvalue weighted by molar-refractivity contribution is -0.147. The fraction of sp³-hybridized carbons (Fsp3) is 0.467. The number of carbonyl (C=O) groups is 2. The molecule has 0 atom stereocenters. The van der Waals surface area contributed by atoms with Gasteiger partial charge in [0, 0.05) is 6.54 Å². The number of hydrogen-bond donors (Lipinski definition) is 0. The van der Waals surface area contributed by atoms with Crippen molar-refractivity contribution >= 4 is 11.9 Å². The number of carbonyl (C=O) groups excluding carboxylic acids is 2. The molecule has 0 aliphatic heterocycles. The highest BCUT2D eigenvalue weighted by Crippen LogP contribution is 2.26. The van der Waals surface area contributed by atoms with Crippen LogP contribution in [0, 0.1) is 0 Å². The Kier molecular flexibility index (Phi) is 7.08. The summed E-state index contributed by atoms with van der Waals surface area (Å²) in [4.78, 5) is 24.6. The van der Waals surface area contributed by atoms with Gasteiger partial charge in [0.15, 0.2) is 18.1 Å². The Morgan fingerprint density at radius 1 is 1.10 bits per heavy atom. The van der Waals surface area contributed by atoms with Crippen molar-refractivity contribution in [3.63, 3.8) is 0 Å². The molecule has 0 fully saturated rings. The summed E-state index contributed by atoms with van der Waals surface area (Å²) >= 11 is 0. The topological polar surface area (TPSA) is 65.1 Å². The number of methoxy groups -OCH3 is 1. The zero-order valence-electron chi connectivity index (χ0n) is 12.6. The maximum Gasteiger partial charge on any atom is 0.325 e. The Balaban J connectivity index is 2.61. The second-order valence-electron chi connectivity index (χ2n) is 4.15. The van der Waals surface area contributed by atoms with Crippen LogP contribution in [0.4, 0.5) is 0 Å². The maximum absolute atomic E-state index is 12.0. The summed E-state index contributed by atoms with van der Waals surface area (Å²) in [7, 11) is 1.29. The molecule has 1 aromatic carbocycles. The molecule has 1 rings (SSSR count). The van der Waals surface area contributed by atoms with Crippen molar-refractivity contribution < 1.29 is 23.8 Å². The summed E-state index contributed by atoms with van der Waals surface area (Å²) < 4.78 is 15.4. The highest BCUT2D eigenvalue weighted by Gasteiger charge is 2.17. The fourth-order valence-corrected chi connectivity index (χ4v) is 1.67. The van der Waals surface area contributed by atoms with Crippen LogP contribution in [0.3, 0.4) is 0 Å². The van der Waals surface area contributed by atoms with Gasteiger partial charge in [-0.3, -0.25) is 9.59 Å². The Morgan fingerprint density at radius 3 is 2.24 bits per heavy atom. The van der Waals surface area contributed by atoms with Crippen molar-refractivity contribution in [2.24, 2.45) is 0 Å². The number of benzene rings is 1. The molecule has 0 N–H and O–H groups in total. The third-order valence-corrected chi connectivity index (χ3v) is 2.78. The number of amides is 1. The largest absolute Gasteiger partial charge is 0.490 e. The SMILES string of the molecule is CCOc1ccccc1OCC(=O)N(CC)CC(=O)OC. The van der Waals surface area contributed by atoms with Crippen LogP contribution in [0.1, 0.15) is 13.8 Å². The first-order valence-corrected chi connectivity index (χ1v) is 6.81. The number of nitrogens with zero attached hydrogens (tertiary/aromatic N) is 1. The van der Waals surface area contributed by atoms with Gasteiger partial charge in [0.25, 0.3) is 5.91 Å². The third kappa shape index (κ3) is 5.33. The van der Waals surface area contributed by atoms with E-state index in [0.717, 1.165) is 0 Å². The number of hydrogen-bond acceptors (Lipinski definition) is 5. The molecule has 6 nitrogen and oxygen atoms in total. The molecule has 0 aliphatic rings. The van der Waals surface area contributed by atoms with Crippen LogP contribution in [0.5, 0.6) is 11.5 Å². The van der Waals surface area contributed by atoms with Gasteiger partial charge in [-0.05, 0) is 26.0 Å². The molecule has 0 bridgehead atoms. The summed E-state index contributed by atoms with van der Waals surface area (Å²) in [5.41, 5.74) is 0. The number of rotatable bonds is 8. The van der Waals surface area contributed by atoms with E-state index in [1.807, 2.05) is 13.0 Å². The van der Waals surface area contributed by atoms with Gasteiger partial charge < -0.3 is 19.1 Å². The van der Waals surface area contributed by atoms with Crippen LogP contribution >= 0.6 is 0 Å². The minimum atomic E-state index is -0.458. The smallest absolute Gasteiger partial charge is 0.325 e. The zero-order chi connectivity index (χ0) is 15.7.